The van der Waals surface area contributed by atoms with E-state index >= 15 is 0 Å². The summed E-state index contributed by atoms with van der Waals surface area (Å²) >= 11 is 3.37. The van der Waals surface area contributed by atoms with E-state index in [1.165, 1.54) is 0 Å². The third-order valence-electron chi connectivity index (χ3n) is 2.84. The zero-order chi connectivity index (χ0) is 15.8. The second-order valence-corrected chi connectivity index (χ2v) is 5.51. The minimum absolute atomic E-state index is 0.292. The SMILES string of the molecule is CCCOc1ccccc1C(=O)NN=Cc1ccc(Br)cc1. The molecule has 114 valence electrons. The number of halogens is 1. The highest BCUT2D eigenvalue weighted by atomic mass is 79.9. The largest absolute Gasteiger partial charge is 0.493 e. The first-order chi connectivity index (χ1) is 10.7. The number of carbonyl (C=O) groups excluding carboxylic acids is 1. The van der Waals surface area contributed by atoms with Crippen LogP contribution in [-0.4, -0.2) is 18.7 Å². The number of rotatable bonds is 6. The molecule has 0 aliphatic heterocycles. The van der Waals surface area contributed by atoms with Crippen LogP contribution in [0.1, 0.15) is 29.3 Å². The Morgan fingerprint density at radius 1 is 1.23 bits per heavy atom. The minimum Gasteiger partial charge on any atom is -0.493 e. The molecule has 0 bridgehead atoms. The molecule has 4 nitrogen and oxygen atoms in total. The van der Waals surface area contributed by atoms with E-state index in [-0.39, 0.29) is 5.91 Å². The van der Waals surface area contributed by atoms with Crippen LogP contribution in [0.15, 0.2) is 58.1 Å². The minimum atomic E-state index is -0.292. The topological polar surface area (TPSA) is 50.7 Å². The van der Waals surface area contributed by atoms with Gasteiger partial charge in [0.15, 0.2) is 0 Å². The Hall–Kier alpha value is -2.14. The molecule has 0 aliphatic rings. The first kappa shape index (κ1) is 16.2. The molecular weight excluding hydrogens is 344 g/mol. The van der Waals surface area contributed by atoms with Crippen molar-refractivity contribution in [1.82, 2.24) is 5.43 Å². The van der Waals surface area contributed by atoms with Crippen molar-refractivity contribution >= 4 is 28.1 Å². The quantitative estimate of drug-likeness (QED) is 0.625. The molecule has 1 amide bonds. The van der Waals surface area contributed by atoms with Gasteiger partial charge in [-0.15, -0.1) is 0 Å². The van der Waals surface area contributed by atoms with Crippen LogP contribution in [0.3, 0.4) is 0 Å². The van der Waals surface area contributed by atoms with E-state index in [9.17, 15) is 4.79 Å². The molecule has 0 aliphatic carbocycles. The van der Waals surface area contributed by atoms with Gasteiger partial charge in [0, 0.05) is 4.47 Å². The Kier molecular flexibility index (Phi) is 6.15. The summed E-state index contributed by atoms with van der Waals surface area (Å²) in [5, 5.41) is 3.97. The Morgan fingerprint density at radius 2 is 1.95 bits per heavy atom. The van der Waals surface area contributed by atoms with Gasteiger partial charge in [-0.05, 0) is 36.2 Å². The van der Waals surface area contributed by atoms with Gasteiger partial charge in [-0.2, -0.15) is 5.10 Å². The van der Waals surface area contributed by atoms with Gasteiger partial charge in [-0.25, -0.2) is 5.43 Å². The van der Waals surface area contributed by atoms with Crippen LogP contribution >= 0.6 is 15.9 Å². The molecular formula is C17H17BrN2O2. The van der Waals surface area contributed by atoms with Crippen LogP contribution in [0.25, 0.3) is 0 Å². The molecule has 0 fully saturated rings. The summed E-state index contributed by atoms with van der Waals surface area (Å²) in [6, 6.07) is 14.8. The van der Waals surface area contributed by atoms with Crippen LogP contribution in [-0.2, 0) is 0 Å². The van der Waals surface area contributed by atoms with E-state index in [0.29, 0.717) is 17.9 Å². The van der Waals surface area contributed by atoms with Gasteiger partial charge in [0.25, 0.3) is 5.91 Å². The van der Waals surface area contributed by atoms with Gasteiger partial charge >= 0.3 is 0 Å². The van der Waals surface area contributed by atoms with Gasteiger partial charge in [0.2, 0.25) is 0 Å². The first-order valence-electron chi connectivity index (χ1n) is 7.01. The number of para-hydroxylation sites is 1. The molecule has 0 aromatic heterocycles. The number of hydrazone groups is 1. The number of nitrogens with zero attached hydrogens (tertiary/aromatic N) is 1. The van der Waals surface area contributed by atoms with E-state index in [4.69, 9.17) is 4.74 Å². The smallest absolute Gasteiger partial charge is 0.275 e. The fourth-order valence-corrected chi connectivity index (χ4v) is 2.03. The van der Waals surface area contributed by atoms with E-state index in [1.54, 1.807) is 24.4 Å². The molecule has 5 heteroatoms. The maximum absolute atomic E-state index is 12.2. The number of amides is 1. The lowest BCUT2D eigenvalue weighted by Gasteiger charge is -2.09. The van der Waals surface area contributed by atoms with Gasteiger partial charge < -0.3 is 4.74 Å². The molecule has 0 atom stereocenters. The van der Waals surface area contributed by atoms with Gasteiger partial charge in [0.1, 0.15) is 5.75 Å². The Morgan fingerprint density at radius 3 is 2.68 bits per heavy atom. The molecule has 0 saturated heterocycles. The van der Waals surface area contributed by atoms with Crippen LogP contribution in [0.4, 0.5) is 0 Å². The molecule has 2 rings (SSSR count). The molecule has 2 aromatic carbocycles. The third-order valence-corrected chi connectivity index (χ3v) is 3.37. The lowest BCUT2D eigenvalue weighted by molar-refractivity contribution is 0.0951. The molecule has 1 N–H and O–H groups in total. The predicted octanol–water partition coefficient (Wildman–Crippen LogP) is 4.00. The molecule has 0 unspecified atom stereocenters. The third kappa shape index (κ3) is 4.70. The van der Waals surface area contributed by atoms with Crippen LogP contribution in [0.2, 0.25) is 0 Å². The number of hydrogen-bond donors (Lipinski definition) is 1. The molecule has 0 saturated carbocycles. The fraction of sp³-hybridized carbons (Fsp3) is 0.176. The van der Waals surface area contributed by atoms with E-state index in [1.807, 2.05) is 37.3 Å². The maximum Gasteiger partial charge on any atom is 0.275 e. The summed E-state index contributed by atoms with van der Waals surface area (Å²) in [6.07, 6.45) is 2.48. The summed E-state index contributed by atoms with van der Waals surface area (Å²) in [5.74, 6) is 0.278. The van der Waals surface area contributed by atoms with Crippen molar-refractivity contribution in [3.05, 3.63) is 64.1 Å². The van der Waals surface area contributed by atoms with Crippen molar-refractivity contribution in [3.63, 3.8) is 0 Å². The predicted molar refractivity (Wildman–Crippen MR) is 91.4 cm³/mol. The standard InChI is InChI=1S/C17H17BrN2O2/c1-2-11-22-16-6-4-3-5-15(16)17(21)20-19-12-13-7-9-14(18)10-8-13/h3-10,12H,2,11H2,1H3,(H,20,21). The van der Waals surface area contributed by atoms with E-state index in [2.05, 4.69) is 26.5 Å². The normalized spacial score (nSPS) is 10.6. The summed E-state index contributed by atoms with van der Waals surface area (Å²) in [7, 11) is 0. The van der Waals surface area contributed by atoms with Gasteiger partial charge in [-0.3, -0.25) is 4.79 Å². The molecule has 0 radical (unpaired) electrons. The number of carbonyl (C=O) groups is 1. The molecule has 22 heavy (non-hydrogen) atoms. The average molecular weight is 361 g/mol. The number of nitrogens with one attached hydrogen (secondary N) is 1. The number of benzene rings is 2. The van der Waals surface area contributed by atoms with Crippen molar-refractivity contribution in [2.75, 3.05) is 6.61 Å². The second kappa shape index (κ2) is 8.34. The van der Waals surface area contributed by atoms with Crippen molar-refractivity contribution in [2.45, 2.75) is 13.3 Å². The van der Waals surface area contributed by atoms with E-state index < -0.39 is 0 Å². The average Bonchev–Trinajstić information content (AvgIpc) is 2.55. The lowest BCUT2D eigenvalue weighted by atomic mass is 10.2. The highest BCUT2D eigenvalue weighted by molar-refractivity contribution is 9.10. The van der Waals surface area contributed by atoms with Gasteiger partial charge in [0.05, 0.1) is 18.4 Å². The highest BCUT2D eigenvalue weighted by Gasteiger charge is 2.10. The molecule has 0 heterocycles. The molecule has 2 aromatic rings. The zero-order valence-electron chi connectivity index (χ0n) is 12.3. The maximum atomic E-state index is 12.2. The lowest BCUT2D eigenvalue weighted by Crippen LogP contribution is -2.18. The van der Waals surface area contributed by atoms with Crippen molar-refractivity contribution < 1.29 is 9.53 Å². The Balaban J connectivity index is 2.01. The monoisotopic (exact) mass is 360 g/mol. The van der Waals surface area contributed by atoms with E-state index in [0.717, 1.165) is 16.5 Å². The fourth-order valence-electron chi connectivity index (χ4n) is 1.77. The van der Waals surface area contributed by atoms with Crippen LogP contribution in [0.5, 0.6) is 5.75 Å². The van der Waals surface area contributed by atoms with Crippen molar-refractivity contribution in [1.29, 1.82) is 0 Å². The summed E-state index contributed by atoms with van der Waals surface area (Å²) < 4.78 is 6.56. The first-order valence-corrected chi connectivity index (χ1v) is 7.81. The summed E-state index contributed by atoms with van der Waals surface area (Å²) in [6.45, 7) is 2.59. The summed E-state index contributed by atoms with van der Waals surface area (Å²) in [4.78, 5) is 12.2. The van der Waals surface area contributed by atoms with Crippen molar-refractivity contribution in [3.8, 4) is 5.75 Å². The van der Waals surface area contributed by atoms with Crippen LogP contribution < -0.4 is 10.2 Å². The second-order valence-electron chi connectivity index (χ2n) is 4.60. The molecule has 0 spiro atoms. The van der Waals surface area contributed by atoms with Crippen LogP contribution in [0, 0.1) is 0 Å². The Labute approximate surface area is 138 Å². The number of hydrogen-bond acceptors (Lipinski definition) is 3. The van der Waals surface area contributed by atoms with Crippen molar-refractivity contribution in [2.24, 2.45) is 5.10 Å². The zero-order valence-corrected chi connectivity index (χ0v) is 13.8. The number of ether oxygens (including phenoxy) is 1. The summed E-state index contributed by atoms with van der Waals surface area (Å²) in [5.41, 5.74) is 3.90. The Bertz CT molecular complexity index is 654. The van der Waals surface area contributed by atoms with Gasteiger partial charge in [-0.1, -0.05) is 47.1 Å². The highest BCUT2D eigenvalue weighted by Crippen LogP contribution is 2.18.